The quantitative estimate of drug-likeness (QED) is 0.776. The lowest BCUT2D eigenvalue weighted by atomic mass is 10.2. The van der Waals surface area contributed by atoms with E-state index >= 15 is 0 Å². The van der Waals surface area contributed by atoms with Crippen LogP contribution in [0.15, 0.2) is 54.6 Å². The fourth-order valence-corrected chi connectivity index (χ4v) is 1.86. The summed E-state index contributed by atoms with van der Waals surface area (Å²) in [6, 6.07) is 14.7. The van der Waals surface area contributed by atoms with Crippen molar-refractivity contribution in [3.05, 3.63) is 66.1 Å². The molecule has 98 valence electrons. The lowest BCUT2D eigenvalue weighted by Crippen LogP contribution is -2.14. The molecule has 1 aromatic heterocycles. The van der Waals surface area contributed by atoms with Crippen LogP contribution in [0.5, 0.6) is 0 Å². The molecule has 20 heavy (non-hydrogen) atoms. The third-order valence-electron chi connectivity index (χ3n) is 2.81. The van der Waals surface area contributed by atoms with Crippen molar-refractivity contribution in [2.75, 3.05) is 5.32 Å². The average molecular weight is 267 g/mol. The zero-order valence-electron chi connectivity index (χ0n) is 10.4. The van der Waals surface area contributed by atoms with E-state index in [2.05, 4.69) is 15.5 Å². The number of nitrogens with zero attached hydrogens (tertiary/aromatic N) is 2. The van der Waals surface area contributed by atoms with Crippen molar-refractivity contribution in [3.8, 4) is 0 Å². The van der Waals surface area contributed by atoms with Crippen molar-refractivity contribution in [1.29, 1.82) is 0 Å². The highest BCUT2D eigenvalue weighted by atomic mass is 19.1. The molecule has 0 saturated carbocycles. The smallest absolute Gasteiger partial charge is 0.276 e. The van der Waals surface area contributed by atoms with Gasteiger partial charge in [0.15, 0.2) is 5.69 Å². The first-order valence-corrected chi connectivity index (χ1v) is 6.02. The Balaban J connectivity index is 1.88. The van der Waals surface area contributed by atoms with E-state index in [-0.39, 0.29) is 5.69 Å². The number of anilines is 1. The second-order valence-corrected chi connectivity index (χ2v) is 4.25. The lowest BCUT2D eigenvalue weighted by molar-refractivity contribution is 0.102. The van der Waals surface area contributed by atoms with Gasteiger partial charge in [-0.25, -0.2) is 4.39 Å². The molecule has 0 atom stereocenters. The van der Waals surface area contributed by atoms with E-state index in [1.807, 2.05) is 24.3 Å². The zero-order valence-corrected chi connectivity index (χ0v) is 10.4. The van der Waals surface area contributed by atoms with Gasteiger partial charge in [-0.15, -0.1) is 10.2 Å². The van der Waals surface area contributed by atoms with Crippen LogP contribution < -0.4 is 5.32 Å². The molecule has 1 heterocycles. The van der Waals surface area contributed by atoms with E-state index in [0.717, 1.165) is 10.9 Å². The second kappa shape index (κ2) is 5.05. The van der Waals surface area contributed by atoms with E-state index in [4.69, 9.17) is 0 Å². The van der Waals surface area contributed by atoms with E-state index in [1.165, 1.54) is 18.2 Å². The van der Waals surface area contributed by atoms with E-state index in [1.54, 1.807) is 12.1 Å². The van der Waals surface area contributed by atoms with Gasteiger partial charge in [-0.3, -0.25) is 4.79 Å². The molecule has 1 amide bonds. The maximum Gasteiger partial charge on any atom is 0.276 e. The fourth-order valence-electron chi connectivity index (χ4n) is 1.86. The Hall–Kier alpha value is -2.82. The molecule has 0 saturated heterocycles. The highest BCUT2D eigenvalue weighted by Crippen LogP contribution is 2.13. The predicted octanol–water partition coefficient (Wildman–Crippen LogP) is 3.02. The Morgan fingerprint density at radius 1 is 1.00 bits per heavy atom. The predicted molar refractivity (Wildman–Crippen MR) is 73.9 cm³/mol. The Labute approximate surface area is 114 Å². The Kier molecular flexibility index (Phi) is 3.09. The van der Waals surface area contributed by atoms with Crippen LogP contribution in [0, 0.1) is 5.82 Å². The van der Waals surface area contributed by atoms with Gasteiger partial charge in [0.25, 0.3) is 5.91 Å². The molecule has 0 aliphatic heterocycles. The standard InChI is InChI=1S/C15H10FN3O/c16-11-5-3-6-12(9-11)17-15(20)14-8-10-4-1-2-7-13(10)18-19-14/h1-9H,(H,17,20). The van der Waals surface area contributed by atoms with Gasteiger partial charge in [-0.05, 0) is 30.3 Å². The van der Waals surface area contributed by atoms with Crippen molar-refractivity contribution >= 4 is 22.5 Å². The molecule has 4 nitrogen and oxygen atoms in total. The first-order valence-electron chi connectivity index (χ1n) is 6.02. The van der Waals surface area contributed by atoms with Crippen molar-refractivity contribution in [2.45, 2.75) is 0 Å². The van der Waals surface area contributed by atoms with Crippen molar-refractivity contribution in [2.24, 2.45) is 0 Å². The maximum atomic E-state index is 13.0. The monoisotopic (exact) mass is 267 g/mol. The molecule has 0 fully saturated rings. The first-order chi connectivity index (χ1) is 9.72. The topological polar surface area (TPSA) is 54.9 Å². The molecule has 0 aliphatic carbocycles. The SMILES string of the molecule is O=C(Nc1cccc(F)c1)c1cc2ccccc2nn1. The zero-order chi connectivity index (χ0) is 13.9. The van der Waals surface area contributed by atoms with Gasteiger partial charge in [-0.2, -0.15) is 0 Å². The van der Waals surface area contributed by atoms with Crippen LogP contribution in [0.3, 0.4) is 0 Å². The number of fused-ring (bicyclic) bond motifs is 1. The van der Waals surface area contributed by atoms with Crippen molar-refractivity contribution < 1.29 is 9.18 Å². The molecule has 0 aliphatic rings. The molecule has 2 aromatic carbocycles. The summed E-state index contributed by atoms with van der Waals surface area (Å²) in [4.78, 5) is 12.0. The Morgan fingerprint density at radius 3 is 2.70 bits per heavy atom. The van der Waals surface area contributed by atoms with Gasteiger partial charge >= 0.3 is 0 Å². The highest BCUT2D eigenvalue weighted by molar-refractivity contribution is 6.04. The van der Waals surface area contributed by atoms with E-state index in [9.17, 15) is 9.18 Å². The fraction of sp³-hybridized carbons (Fsp3) is 0. The van der Waals surface area contributed by atoms with Gasteiger partial charge in [0, 0.05) is 11.1 Å². The number of carbonyl (C=O) groups is 1. The van der Waals surface area contributed by atoms with Crippen LogP contribution in [-0.2, 0) is 0 Å². The molecule has 0 bridgehead atoms. The summed E-state index contributed by atoms with van der Waals surface area (Å²) in [6.07, 6.45) is 0. The van der Waals surface area contributed by atoms with Gasteiger partial charge in [0.05, 0.1) is 5.52 Å². The third-order valence-corrected chi connectivity index (χ3v) is 2.81. The normalized spacial score (nSPS) is 10.4. The van der Waals surface area contributed by atoms with Crippen LogP contribution in [0.1, 0.15) is 10.5 Å². The van der Waals surface area contributed by atoms with Crippen molar-refractivity contribution in [1.82, 2.24) is 10.2 Å². The molecule has 0 radical (unpaired) electrons. The summed E-state index contributed by atoms with van der Waals surface area (Å²) in [5.41, 5.74) is 1.28. The molecule has 3 aromatic rings. The number of aromatic nitrogens is 2. The molecule has 0 spiro atoms. The summed E-state index contributed by atoms with van der Waals surface area (Å²) < 4.78 is 13.0. The van der Waals surface area contributed by atoms with Crippen LogP contribution in [-0.4, -0.2) is 16.1 Å². The van der Waals surface area contributed by atoms with Crippen LogP contribution >= 0.6 is 0 Å². The number of carbonyl (C=O) groups excluding carboxylic acids is 1. The average Bonchev–Trinajstić information content (AvgIpc) is 2.47. The largest absolute Gasteiger partial charge is 0.320 e. The number of hydrogen-bond acceptors (Lipinski definition) is 3. The number of rotatable bonds is 2. The molecule has 0 unspecified atom stereocenters. The van der Waals surface area contributed by atoms with Crippen molar-refractivity contribution in [3.63, 3.8) is 0 Å². The summed E-state index contributed by atoms with van der Waals surface area (Å²) >= 11 is 0. The molecule has 1 N–H and O–H groups in total. The molecule has 5 heteroatoms. The number of amides is 1. The Morgan fingerprint density at radius 2 is 1.85 bits per heavy atom. The minimum Gasteiger partial charge on any atom is -0.320 e. The molecule has 3 rings (SSSR count). The van der Waals surface area contributed by atoms with Gasteiger partial charge in [0.2, 0.25) is 0 Å². The highest BCUT2D eigenvalue weighted by Gasteiger charge is 2.09. The van der Waals surface area contributed by atoms with Crippen LogP contribution in [0.2, 0.25) is 0 Å². The third kappa shape index (κ3) is 2.47. The first kappa shape index (κ1) is 12.2. The van der Waals surface area contributed by atoms with E-state index < -0.39 is 11.7 Å². The van der Waals surface area contributed by atoms with E-state index in [0.29, 0.717) is 5.69 Å². The van der Waals surface area contributed by atoms with Gasteiger partial charge < -0.3 is 5.32 Å². The lowest BCUT2D eigenvalue weighted by Gasteiger charge is -2.05. The van der Waals surface area contributed by atoms with Gasteiger partial charge in [-0.1, -0.05) is 24.3 Å². The summed E-state index contributed by atoms with van der Waals surface area (Å²) in [5.74, 6) is -0.832. The van der Waals surface area contributed by atoms with Crippen LogP contribution in [0.25, 0.3) is 10.9 Å². The molecular formula is C15H10FN3O. The summed E-state index contributed by atoms with van der Waals surface area (Å²) in [6.45, 7) is 0. The number of nitrogens with one attached hydrogen (secondary N) is 1. The molecular weight excluding hydrogens is 257 g/mol. The second-order valence-electron chi connectivity index (χ2n) is 4.25. The summed E-state index contributed by atoms with van der Waals surface area (Å²) in [5, 5.41) is 11.3. The number of hydrogen-bond donors (Lipinski definition) is 1. The number of halogens is 1. The Bertz CT molecular complexity index is 789. The maximum absolute atomic E-state index is 13.0. The number of benzene rings is 2. The minimum atomic E-state index is -0.422. The summed E-state index contributed by atoms with van der Waals surface area (Å²) in [7, 11) is 0. The minimum absolute atomic E-state index is 0.188. The van der Waals surface area contributed by atoms with Gasteiger partial charge in [0.1, 0.15) is 5.82 Å². The van der Waals surface area contributed by atoms with Crippen LogP contribution in [0.4, 0.5) is 10.1 Å².